The van der Waals surface area contributed by atoms with Gasteiger partial charge in [-0.2, -0.15) is 18.3 Å². The molecule has 4 rings (SSSR count). The quantitative estimate of drug-likeness (QED) is 0.328. The summed E-state index contributed by atoms with van der Waals surface area (Å²) in [5.74, 6) is 1.47. The van der Waals surface area contributed by atoms with E-state index in [1.165, 1.54) is 11.6 Å². The zero-order chi connectivity index (χ0) is 22.9. The molecule has 0 N–H and O–H groups in total. The van der Waals surface area contributed by atoms with Crippen molar-refractivity contribution in [2.24, 2.45) is 0 Å². The second-order valence-corrected chi connectivity index (χ2v) is 7.93. The van der Waals surface area contributed by atoms with Gasteiger partial charge in [-0.25, -0.2) is 4.98 Å². The molecule has 0 spiro atoms. The van der Waals surface area contributed by atoms with Crippen molar-refractivity contribution < 1.29 is 17.6 Å². The molecule has 0 saturated heterocycles. The average Bonchev–Trinajstić information content (AvgIpc) is 3.45. The SMILES string of the molecule is CCc1ncc(-c2ccc(CC(C)n3ccc(-c4cccc(C(F)(F)F)c4)n3)c(C)c2)o1. The van der Waals surface area contributed by atoms with Crippen molar-refractivity contribution in [3.05, 3.63) is 83.5 Å². The van der Waals surface area contributed by atoms with Crippen molar-refractivity contribution >= 4 is 0 Å². The van der Waals surface area contributed by atoms with E-state index in [2.05, 4.69) is 29.1 Å². The van der Waals surface area contributed by atoms with Crippen LogP contribution in [0.3, 0.4) is 0 Å². The first kappa shape index (κ1) is 21.9. The first-order chi connectivity index (χ1) is 15.2. The summed E-state index contributed by atoms with van der Waals surface area (Å²) in [4.78, 5) is 4.26. The van der Waals surface area contributed by atoms with E-state index in [-0.39, 0.29) is 6.04 Å². The van der Waals surface area contributed by atoms with Gasteiger partial charge in [-0.3, -0.25) is 4.68 Å². The third-order valence-corrected chi connectivity index (χ3v) is 5.54. The fraction of sp³-hybridized carbons (Fsp3) is 0.280. The molecule has 0 aliphatic carbocycles. The van der Waals surface area contributed by atoms with Gasteiger partial charge in [0, 0.05) is 23.7 Å². The second kappa shape index (κ2) is 8.65. The standard InChI is InChI=1S/C25H24F3N3O/c1-4-24-29-15-23(32-24)20-9-8-18(16(2)12-20)13-17(3)31-11-10-22(30-31)19-6-5-7-21(14-19)25(26,27)28/h5-12,14-15,17H,4,13H2,1-3H3. The summed E-state index contributed by atoms with van der Waals surface area (Å²) in [5, 5.41) is 4.53. The van der Waals surface area contributed by atoms with Crippen molar-refractivity contribution in [2.75, 3.05) is 0 Å². The van der Waals surface area contributed by atoms with Gasteiger partial charge in [0.05, 0.1) is 23.5 Å². The molecule has 4 aromatic rings. The fourth-order valence-corrected chi connectivity index (χ4v) is 3.69. The Morgan fingerprint density at radius 2 is 1.88 bits per heavy atom. The van der Waals surface area contributed by atoms with Gasteiger partial charge >= 0.3 is 6.18 Å². The molecule has 166 valence electrons. The van der Waals surface area contributed by atoms with Crippen LogP contribution in [0.4, 0.5) is 13.2 Å². The first-order valence-corrected chi connectivity index (χ1v) is 10.5. The van der Waals surface area contributed by atoms with E-state index in [0.717, 1.165) is 41.9 Å². The number of aryl methyl sites for hydroxylation is 2. The van der Waals surface area contributed by atoms with Crippen molar-refractivity contribution in [1.82, 2.24) is 14.8 Å². The molecule has 0 amide bonds. The molecule has 0 fully saturated rings. The maximum absolute atomic E-state index is 13.0. The minimum Gasteiger partial charge on any atom is -0.441 e. The second-order valence-electron chi connectivity index (χ2n) is 7.93. The topological polar surface area (TPSA) is 43.9 Å². The highest BCUT2D eigenvalue weighted by molar-refractivity contribution is 5.60. The van der Waals surface area contributed by atoms with Gasteiger partial charge in [-0.1, -0.05) is 31.2 Å². The molecular formula is C25H24F3N3O. The third kappa shape index (κ3) is 4.61. The Morgan fingerprint density at radius 1 is 1.06 bits per heavy atom. The number of hydrogen-bond donors (Lipinski definition) is 0. The average molecular weight is 439 g/mol. The van der Waals surface area contributed by atoms with E-state index in [1.54, 1.807) is 23.0 Å². The number of rotatable bonds is 6. The number of hydrogen-bond acceptors (Lipinski definition) is 3. The lowest BCUT2D eigenvalue weighted by atomic mass is 9.99. The predicted octanol–water partition coefficient (Wildman–Crippen LogP) is 6.90. The molecular weight excluding hydrogens is 415 g/mol. The Bertz CT molecular complexity index is 1220. The van der Waals surface area contributed by atoms with E-state index in [9.17, 15) is 13.2 Å². The van der Waals surface area contributed by atoms with Crippen LogP contribution in [-0.2, 0) is 19.0 Å². The fourth-order valence-electron chi connectivity index (χ4n) is 3.69. The maximum atomic E-state index is 13.0. The Balaban J connectivity index is 1.50. The van der Waals surface area contributed by atoms with Gasteiger partial charge < -0.3 is 4.42 Å². The molecule has 2 aromatic carbocycles. The van der Waals surface area contributed by atoms with Crippen molar-refractivity contribution in [3.8, 4) is 22.6 Å². The maximum Gasteiger partial charge on any atom is 0.416 e. The number of halogens is 3. The van der Waals surface area contributed by atoms with Crippen LogP contribution in [0.1, 0.15) is 42.5 Å². The van der Waals surface area contributed by atoms with E-state index in [1.807, 2.05) is 26.1 Å². The monoisotopic (exact) mass is 439 g/mol. The van der Waals surface area contributed by atoms with Crippen LogP contribution < -0.4 is 0 Å². The number of benzene rings is 2. The molecule has 0 radical (unpaired) electrons. The molecule has 2 aromatic heterocycles. The Hall–Kier alpha value is -3.35. The van der Waals surface area contributed by atoms with Crippen LogP contribution >= 0.6 is 0 Å². The summed E-state index contributed by atoms with van der Waals surface area (Å²) in [6, 6.07) is 13.2. The Morgan fingerprint density at radius 3 is 2.56 bits per heavy atom. The largest absolute Gasteiger partial charge is 0.441 e. The van der Waals surface area contributed by atoms with Gasteiger partial charge in [-0.05, 0) is 55.7 Å². The van der Waals surface area contributed by atoms with Crippen LogP contribution in [0.2, 0.25) is 0 Å². The Kier molecular flexibility index (Phi) is 5.91. The van der Waals surface area contributed by atoms with Gasteiger partial charge in [0.2, 0.25) is 0 Å². The van der Waals surface area contributed by atoms with Gasteiger partial charge in [0.15, 0.2) is 11.7 Å². The highest BCUT2D eigenvalue weighted by atomic mass is 19.4. The van der Waals surface area contributed by atoms with Crippen LogP contribution in [0.5, 0.6) is 0 Å². The van der Waals surface area contributed by atoms with E-state index >= 15 is 0 Å². The minimum absolute atomic E-state index is 0.0380. The minimum atomic E-state index is -4.38. The molecule has 0 bridgehead atoms. The van der Waals surface area contributed by atoms with Crippen molar-refractivity contribution in [2.45, 2.75) is 45.8 Å². The zero-order valence-electron chi connectivity index (χ0n) is 18.1. The van der Waals surface area contributed by atoms with Crippen LogP contribution in [-0.4, -0.2) is 14.8 Å². The molecule has 0 aliphatic heterocycles. The third-order valence-electron chi connectivity index (χ3n) is 5.54. The van der Waals surface area contributed by atoms with Gasteiger partial charge in [0.1, 0.15) is 0 Å². The number of aromatic nitrogens is 3. The molecule has 4 nitrogen and oxygen atoms in total. The predicted molar refractivity (Wildman–Crippen MR) is 117 cm³/mol. The Labute approximate surface area is 184 Å². The van der Waals surface area contributed by atoms with Crippen molar-refractivity contribution in [1.29, 1.82) is 0 Å². The molecule has 7 heteroatoms. The summed E-state index contributed by atoms with van der Waals surface area (Å²) >= 11 is 0. The first-order valence-electron chi connectivity index (χ1n) is 10.5. The van der Waals surface area contributed by atoms with Crippen LogP contribution in [0.25, 0.3) is 22.6 Å². The number of oxazole rings is 1. The highest BCUT2D eigenvalue weighted by Gasteiger charge is 2.30. The van der Waals surface area contributed by atoms with E-state index < -0.39 is 11.7 Å². The summed E-state index contributed by atoms with van der Waals surface area (Å²) in [6.45, 7) is 6.10. The lowest BCUT2D eigenvalue weighted by Crippen LogP contribution is -2.10. The van der Waals surface area contributed by atoms with Crippen LogP contribution in [0.15, 0.2) is 65.3 Å². The summed E-state index contributed by atoms with van der Waals surface area (Å²) in [5.41, 5.74) is 3.58. The number of alkyl halides is 3. The summed E-state index contributed by atoms with van der Waals surface area (Å²) < 4.78 is 46.6. The van der Waals surface area contributed by atoms with Crippen molar-refractivity contribution in [3.63, 3.8) is 0 Å². The zero-order valence-corrected chi connectivity index (χ0v) is 18.1. The summed E-state index contributed by atoms with van der Waals surface area (Å²) in [7, 11) is 0. The lowest BCUT2D eigenvalue weighted by molar-refractivity contribution is -0.137. The molecule has 32 heavy (non-hydrogen) atoms. The molecule has 0 saturated carbocycles. The number of nitrogens with zero attached hydrogens (tertiary/aromatic N) is 3. The smallest absolute Gasteiger partial charge is 0.416 e. The van der Waals surface area contributed by atoms with Gasteiger partial charge in [0.25, 0.3) is 0 Å². The lowest BCUT2D eigenvalue weighted by Gasteiger charge is -2.15. The molecule has 1 unspecified atom stereocenters. The van der Waals surface area contributed by atoms with E-state index in [0.29, 0.717) is 17.1 Å². The molecule has 1 atom stereocenters. The van der Waals surface area contributed by atoms with Gasteiger partial charge in [-0.15, -0.1) is 0 Å². The summed E-state index contributed by atoms with van der Waals surface area (Å²) in [6.07, 6.45) is 0.673. The molecule has 2 heterocycles. The van der Waals surface area contributed by atoms with Crippen LogP contribution in [0, 0.1) is 6.92 Å². The highest BCUT2D eigenvalue weighted by Crippen LogP contribution is 2.32. The van der Waals surface area contributed by atoms with E-state index in [4.69, 9.17) is 4.42 Å². The normalized spacial score (nSPS) is 12.8. The molecule has 0 aliphatic rings.